The molecule has 0 fully saturated rings. The van der Waals surface area contributed by atoms with Crippen molar-refractivity contribution in [2.75, 3.05) is 6.26 Å². The van der Waals surface area contributed by atoms with E-state index in [9.17, 15) is 0 Å². The van der Waals surface area contributed by atoms with E-state index < -0.39 is 0 Å². The summed E-state index contributed by atoms with van der Waals surface area (Å²) >= 11 is 1.63. The van der Waals surface area contributed by atoms with Gasteiger partial charge in [-0.1, -0.05) is 13.8 Å². The molecule has 0 radical (unpaired) electrons. The molecule has 0 unspecified atom stereocenters. The molecule has 0 bridgehead atoms. The minimum absolute atomic E-state index is 0.512. The predicted molar refractivity (Wildman–Crippen MR) is 60.2 cm³/mol. The Morgan fingerprint density at radius 2 is 2.21 bits per heavy atom. The molecule has 78 valence electrons. The zero-order valence-electron chi connectivity index (χ0n) is 8.95. The lowest BCUT2D eigenvalue weighted by atomic mass is 10.1. The summed E-state index contributed by atoms with van der Waals surface area (Å²) in [6, 6.07) is 0. The second-order valence-electron chi connectivity index (χ2n) is 3.62. The molecule has 1 aromatic rings. The van der Waals surface area contributed by atoms with E-state index in [4.69, 9.17) is 5.73 Å². The van der Waals surface area contributed by atoms with E-state index in [-0.39, 0.29) is 0 Å². The highest BCUT2D eigenvalue weighted by Gasteiger charge is 2.06. The normalized spacial score (nSPS) is 10.9. The topological polar surface area (TPSA) is 51.8 Å². The summed E-state index contributed by atoms with van der Waals surface area (Å²) in [5.74, 6) is 1.51. The smallest absolute Gasteiger partial charge is 0.129 e. The molecule has 0 aliphatic carbocycles. The molecule has 2 N–H and O–H groups in total. The maximum absolute atomic E-state index is 5.58. The average Bonchev–Trinajstić information content (AvgIpc) is 2.16. The van der Waals surface area contributed by atoms with Gasteiger partial charge in [-0.2, -0.15) is 0 Å². The maximum Gasteiger partial charge on any atom is 0.129 e. The number of nitrogens with two attached hydrogens (primary N) is 1. The first-order chi connectivity index (χ1) is 6.67. The fraction of sp³-hybridized carbons (Fsp3) is 0.600. The minimum Gasteiger partial charge on any atom is -0.326 e. The van der Waals surface area contributed by atoms with Crippen LogP contribution in [-0.4, -0.2) is 16.2 Å². The minimum atomic E-state index is 0.512. The standard InChI is InChI=1S/C10H17N3S/c1-7(2)4-9-12-6-8(5-11)10(13-9)14-3/h6-7H,4-5,11H2,1-3H3. The molecule has 0 aliphatic rings. The van der Waals surface area contributed by atoms with Gasteiger partial charge in [0.15, 0.2) is 0 Å². The third-order valence-electron chi connectivity index (χ3n) is 1.88. The summed E-state index contributed by atoms with van der Waals surface area (Å²) in [7, 11) is 0. The molecule has 0 amide bonds. The average molecular weight is 211 g/mol. The van der Waals surface area contributed by atoms with Gasteiger partial charge in [0.2, 0.25) is 0 Å². The van der Waals surface area contributed by atoms with Crippen molar-refractivity contribution in [2.45, 2.75) is 31.8 Å². The maximum atomic E-state index is 5.58. The van der Waals surface area contributed by atoms with Crippen molar-refractivity contribution in [3.05, 3.63) is 17.6 Å². The van der Waals surface area contributed by atoms with Crippen LogP contribution in [0.15, 0.2) is 11.2 Å². The molecule has 4 heteroatoms. The number of nitrogens with zero attached hydrogens (tertiary/aromatic N) is 2. The van der Waals surface area contributed by atoms with Crippen LogP contribution in [0.1, 0.15) is 25.2 Å². The highest BCUT2D eigenvalue weighted by atomic mass is 32.2. The molecule has 0 saturated heterocycles. The molecule has 0 aromatic carbocycles. The number of thioether (sulfide) groups is 1. The van der Waals surface area contributed by atoms with E-state index in [1.165, 1.54) is 0 Å². The number of hydrogen-bond acceptors (Lipinski definition) is 4. The van der Waals surface area contributed by atoms with E-state index >= 15 is 0 Å². The van der Waals surface area contributed by atoms with Crippen LogP contribution in [0.25, 0.3) is 0 Å². The van der Waals surface area contributed by atoms with Gasteiger partial charge in [0.25, 0.3) is 0 Å². The quantitative estimate of drug-likeness (QED) is 0.610. The Morgan fingerprint density at radius 1 is 1.50 bits per heavy atom. The molecule has 1 rings (SSSR count). The van der Waals surface area contributed by atoms with Crippen LogP contribution in [0.4, 0.5) is 0 Å². The zero-order chi connectivity index (χ0) is 10.6. The number of rotatable bonds is 4. The zero-order valence-corrected chi connectivity index (χ0v) is 9.77. The van der Waals surface area contributed by atoms with Crippen LogP contribution in [0, 0.1) is 5.92 Å². The fourth-order valence-electron chi connectivity index (χ4n) is 1.21. The second kappa shape index (κ2) is 5.32. The van der Waals surface area contributed by atoms with Crippen molar-refractivity contribution in [3.8, 4) is 0 Å². The van der Waals surface area contributed by atoms with Crippen LogP contribution in [0.5, 0.6) is 0 Å². The fourth-order valence-corrected chi connectivity index (χ4v) is 1.80. The third kappa shape index (κ3) is 2.96. The first-order valence-corrected chi connectivity index (χ1v) is 5.98. The molecule has 0 aliphatic heterocycles. The highest BCUT2D eigenvalue weighted by Crippen LogP contribution is 2.17. The van der Waals surface area contributed by atoms with E-state index in [1.54, 1.807) is 11.8 Å². The molecular weight excluding hydrogens is 194 g/mol. The number of aromatic nitrogens is 2. The first kappa shape index (κ1) is 11.5. The summed E-state index contributed by atoms with van der Waals surface area (Å²) in [5.41, 5.74) is 6.62. The van der Waals surface area contributed by atoms with Gasteiger partial charge in [0.1, 0.15) is 10.9 Å². The van der Waals surface area contributed by atoms with Crippen molar-refractivity contribution < 1.29 is 0 Å². The van der Waals surface area contributed by atoms with Gasteiger partial charge >= 0.3 is 0 Å². The summed E-state index contributed by atoms with van der Waals surface area (Å²) in [6.07, 6.45) is 4.79. The van der Waals surface area contributed by atoms with Gasteiger partial charge in [0.05, 0.1) is 0 Å². The molecule has 0 atom stereocenters. The largest absolute Gasteiger partial charge is 0.326 e. The van der Waals surface area contributed by atoms with E-state index in [0.717, 1.165) is 22.8 Å². The monoisotopic (exact) mass is 211 g/mol. The molecule has 1 heterocycles. The van der Waals surface area contributed by atoms with Crippen LogP contribution in [-0.2, 0) is 13.0 Å². The highest BCUT2D eigenvalue weighted by molar-refractivity contribution is 7.98. The molecule has 0 spiro atoms. The SMILES string of the molecule is CSc1nc(CC(C)C)ncc1CN. The Labute approximate surface area is 89.5 Å². The van der Waals surface area contributed by atoms with E-state index in [1.807, 2.05) is 12.5 Å². The Bertz CT molecular complexity index is 299. The molecular formula is C10H17N3S. The van der Waals surface area contributed by atoms with Gasteiger partial charge in [-0.25, -0.2) is 9.97 Å². The van der Waals surface area contributed by atoms with Crippen LogP contribution < -0.4 is 5.73 Å². The van der Waals surface area contributed by atoms with E-state index in [2.05, 4.69) is 23.8 Å². The summed E-state index contributed by atoms with van der Waals surface area (Å²) in [4.78, 5) is 8.77. The Kier molecular flexibility index (Phi) is 4.35. The molecule has 14 heavy (non-hydrogen) atoms. The molecule has 0 saturated carbocycles. The van der Waals surface area contributed by atoms with Crippen molar-refractivity contribution in [1.29, 1.82) is 0 Å². The van der Waals surface area contributed by atoms with Crippen molar-refractivity contribution >= 4 is 11.8 Å². The van der Waals surface area contributed by atoms with Crippen LogP contribution >= 0.6 is 11.8 Å². The van der Waals surface area contributed by atoms with Gasteiger partial charge in [-0.05, 0) is 12.2 Å². The first-order valence-electron chi connectivity index (χ1n) is 4.76. The Morgan fingerprint density at radius 3 is 2.71 bits per heavy atom. The van der Waals surface area contributed by atoms with Gasteiger partial charge in [-0.3, -0.25) is 0 Å². The van der Waals surface area contributed by atoms with E-state index in [0.29, 0.717) is 12.5 Å². The Balaban J connectivity index is 2.89. The lowest BCUT2D eigenvalue weighted by Crippen LogP contribution is -2.06. The summed E-state index contributed by atoms with van der Waals surface area (Å²) in [6.45, 7) is 4.84. The number of hydrogen-bond donors (Lipinski definition) is 1. The summed E-state index contributed by atoms with van der Waals surface area (Å²) in [5, 5.41) is 1.01. The predicted octanol–water partition coefficient (Wildman–Crippen LogP) is 1.86. The van der Waals surface area contributed by atoms with Crippen molar-refractivity contribution in [3.63, 3.8) is 0 Å². The molecule has 3 nitrogen and oxygen atoms in total. The summed E-state index contributed by atoms with van der Waals surface area (Å²) < 4.78 is 0. The lowest BCUT2D eigenvalue weighted by Gasteiger charge is -2.07. The lowest BCUT2D eigenvalue weighted by molar-refractivity contribution is 0.613. The van der Waals surface area contributed by atoms with Gasteiger partial charge in [-0.15, -0.1) is 11.8 Å². The van der Waals surface area contributed by atoms with Gasteiger partial charge < -0.3 is 5.73 Å². The van der Waals surface area contributed by atoms with Crippen LogP contribution in [0.3, 0.4) is 0 Å². The Hall–Kier alpha value is -0.610. The second-order valence-corrected chi connectivity index (χ2v) is 4.42. The van der Waals surface area contributed by atoms with Crippen molar-refractivity contribution in [2.24, 2.45) is 11.7 Å². The van der Waals surface area contributed by atoms with Crippen molar-refractivity contribution in [1.82, 2.24) is 9.97 Å². The van der Waals surface area contributed by atoms with Gasteiger partial charge in [0, 0.05) is 24.7 Å². The van der Waals surface area contributed by atoms with Crippen LogP contribution in [0.2, 0.25) is 0 Å². The third-order valence-corrected chi connectivity index (χ3v) is 2.62. The molecule has 1 aromatic heterocycles.